The van der Waals surface area contributed by atoms with Crippen molar-refractivity contribution in [3.63, 3.8) is 0 Å². The van der Waals surface area contributed by atoms with E-state index in [-0.39, 0.29) is 0 Å². The van der Waals surface area contributed by atoms with Crippen molar-refractivity contribution in [2.75, 3.05) is 0 Å². The summed E-state index contributed by atoms with van der Waals surface area (Å²) < 4.78 is 4.78. The molecular formula is C14H10ClO3-. The van der Waals surface area contributed by atoms with Crippen LogP contribution in [0.3, 0.4) is 0 Å². The van der Waals surface area contributed by atoms with Gasteiger partial charge in [0.05, 0.1) is 17.8 Å². The Morgan fingerprint density at radius 1 is 0.944 bits per heavy atom. The largest absolute Gasteiger partial charge is 0.546 e. The maximum absolute atomic E-state index is 11.5. The second kappa shape index (κ2) is 5.21. The van der Waals surface area contributed by atoms with Crippen LogP contribution in [-0.2, 0) is 14.7 Å². The van der Waals surface area contributed by atoms with E-state index in [1.54, 1.807) is 60.7 Å². The molecule has 0 aliphatic carbocycles. The molecule has 2 aromatic rings. The number of halogens is 1. The molecule has 0 atom stereocenters. The van der Waals surface area contributed by atoms with Crippen molar-refractivity contribution in [3.05, 3.63) is 71.8 Å². The summed E-state index contributed by atoms with van der Waals surface area (Å²) in [5.41, 5.74) is -0.984. The second-order valence-electron chi connectivity index (χ2n) is 3.78. The van der Waals surface area contributed by atoms with Crippen LogP contribution in [-0.4, -0.2) is 5.97 Å². The minimum absolute atomic E-state index is 0.409. The average molecular weight is 262 g/mol. The van der Waals surface area contributed by atoms with Gasteiger partial charge in [0.25, 0.3) is 0 Å². The van der Waals surface area contributed by atoms with Gasteiger partial charge in [-0.05, 0) is 11.1 Å². The van der Waals surface area contributed by atoms with E-state index < -0.39 is 11.6 Å². The van der Waals surface area contributed by atoms with E-state index in [2.05, 4.69) is 0 Å². The molecule has 0 saturated heterocycles. The number of aliphatic carboxylic acids is 1. The third-order valence-electron chi connectivity index (χ3n) is 2.76. The molecule has 92 valence electrons. The van der Waals surface area contributed by atoms with E-state index in [0.717, 1.165) is 0 Å². The molecule has 0 bridgehead atoms. The molecule has 0 radical (unpaired) electrons. The molecule has 2 aromatic carbocycles. The Balaban J connectivity index is 2.65. The smallest absolute Gasteiger partial charge is 0.179 e. The number of hydrogen-bond donors (Lipinski definition) is 0. The molecule has 0 heterocycles. The van der Waals surface area contributed by atoms with Crippen molar-refractivity contribution < 1.29 is 14.2 Å². The molecule has 0 aliphatic rings. The second-order valence-corrected chi connectivity index (χ2v) is 3.93. The fraction of sp³-hybridized carbons (Fsp3) is 0.0714. The molecular weight excluding hydrogens is 252 g/mol. The lowest BCUT2D eigenvalue weighted by molar-refractivity contribution is -0.320. The number of carboxylic acid groups (broad SMARTS) is 1. The predicted octanol–water partition coefficient (Wildman–Crippen LogP) is 1.85. The van der Waals surface area contributed by atoms with E-state index in [0.29, 0.717) is 11.1 Å². The normalized spacial score (nSPS) is 11.2. The van der Waals surface area contributed by atoms with Gasteiger partial charge in [0, 0.05) is 0 Å². The molecule has 0 fully saturated rings. The zero-order chi connectivity index (χ0) is 13.0. The summed E-state index contributed by atoms with van der Waals surface area (Å²) in [5, 5.41) is 11.5. The van der Waals surface area contributed by atoms with Crippen LogP contribution in [0.15, 0.2) is 60.7 Å². The highest BCUT2D eigenvalue weighted by Gasteiger charge is 2.37. The van der Waals surface area contributed by atoms with Gasteiger partial charge in [-0.25, -0.2) is 0 Å². The van der Waals surface area contributed by atoms with E-state index in [9.17, 15) is 9.90 Å². The number of carbonyl (C=O) groups excluding carboxylic acids is 1. The Kier molecular flexibility index (Phi) is 3.65. The minimum atomic E-state index is -1.80. The van der Waals surface area contributed by atoms with Crippen molar-refractivity contribution >= 4 is 17.8 Å². The van der Waals surface area contributed by atoms with Gasteiger partial charge >= 0.3 is 0 Å². The van der Waals surface area contributed by atoms with Gasteiger partial charge in [-0.2, -0.15) is 0 Å². The molecule has 0 amide bonds. The maximum atomic E-state index is 11.5. The highest BCUT2D eigenvalue weighted by atomic mass is 35.5. The van der Waals surface area contributed by atoms with E-state index in [1.165, 1.54) is 0 Å². The van der Waals surface area contributed by atoms with Crippen molar-refractivity contribution in [2.45, 2.75) is 5.60 Å². The lowest BCUT2D eigenvalue weighted by Gasteiger charge is -2.32. The predicted molar refractivity (Wildman–Crippen MR) is 65.6 cm³/mol. The Hall–Kier alpha value is -1.84. The first-order valence-corrected chi connectivity index (χ1v) is 5.65. The van der Waals surface area contributed by atoms with Crippen LogP contribution in [0.4, 0.5) is 0 Å². The van der Waals surface area contributed by atoms with Gasteiger partial charge in [0.1, 0.15) is 0 Å². The van der Waals surface area contributed by atoms with Crippen LogP contribution in [0.1, 0.15) is 11.1 Å². The molecule has 0 unspecified atom stereocenters. The lowest BCUT2D eigenvalue weighted by Crippen LogP contribution is -2.47. The molecule has 0 aromatic heterocycles. The molecule has 4 heteroatoms. The molecule has 18 heavy (non-hydrogen) atoms. The number of hydrogen-bond acceptors (Lipinski definition) is 3. The van der Waals surface area contributed by atoms with Crippen LogP contribution < -0.4 is 5.11 Å². The fourth-order valence-electron chi connectivity index (χ4n) is 1.87. The Morgan fingerprint density at radius 2 is 1.33 bits per heavy atom. The molecule has 0 spiro atoms. The molecule has 0 N–H and O–H groups in total. The minimum Gasteiger partial charge on any atom is -0.546 e. The molecule has 0 aliphatic heterocycles. The first-order valence-electron chi connectivity index (χ1n) is 5.34. The highest BCUT2D eigenvalue weighted by molar-refractivity contribution is 6.09. The van der Waals surface area contributed by atoms with Crippen LogP contribution in [0.2, 0.25) is 0 Å². The SMILES string of the molecule is O=C([O-])C(OCl)(c1ccccc1)c1ccccc1. The van der Waals surface area contributed by atoms with Crippen molar-refractivity contribution in [1.29, 1.82) is 0 Å². The number of rotatable bonds is 4. The Bertz CT molecular complexity index is 486. The van der Waals surface area contributed by atoms with Gasteiger partial charge in [-0.15, -0.1) is 0 Å². The third-order valence-corrected chi connectivity index (χ3v) is 3.00. The van der Waals surface area contributed by atoms with Crippen LogP contribution >= 0.6 is 11.9 Å². The average Bonchev–Trinajstić information content (AvgIpc) is 2.42. The van der Waals surface area contributed by atoms with Crippen LogP contribution in [0, 0.1) is 0 Å². The summed E-state index contributed by atoms with van der Waals surface area (Å²) in [6, 6.07) is 16.9. The summed E-state index contributed by atoms with van der Waals surface area (Å²) >= 11 is 5.47. The number of carboxylic acids is 1. The highest BCUT2D eigenvalue weighted by Crippen LogP contribution is 2.34. The zero-order valence-electron chi connectivity index (χ0n) is 9.38. The van der Waals surface area contributed by atoms with Crippen molar-refractivity contribution in [1.82, 2.24) is 0 Å². The summed E-state index contributed by atoms with van der Waals surface area (Å²) in [7, 11) is 0. The summed E-state index contributed by atoms with van der Waals surface area (Å²) in [5.74, 6) is -1.41. The van der Waals surface area contributed by atoms with Gasteiger partial charge in [0.15, 0.2) is 5.60 Å². The number of carbonyl (C=O) groups is 1. The molecule has 2 rings (SSSR count). The first kappa shape index (κ1) is 12.6. The Morgan fingerprint density at radius 3 is 1.61 bits per heavy atom. The van der Waals surface area contributed by atoms with Crippen LogP contribution in [0.25, 0.3) is 0 Å². The quantitative estimate of drug-likeness (QED) is 0.844. The lowest BCUT2D eigenvalue weighted by atomic mass is 9.86. The molecule has 3 nitrogen and oxygen atoms in total. The summed E-state index contributed by atoms with van der Waals surface area (Å²) in [4.78, 5) is 11.5. The summed E-state index contributed by atoms with van der Waals surface area (Å²) in [6.07, 6.45) is 0. The van der Waals surface area contributed by atoms with Crippen molar-refractivity contribution in [3.8, 4) is 0 Å². The summed E-state index contributed by atoms with van der Waals surface area (Å²) in [6.45, 7) is 0. The van der Waals surface area contributed by atoms with Gasteiger partial charge in [0.2, 0.25) is 0 Å². The van der Waals surface area contributed by atoms with Crippen molar-refractivity contribution in [2.24, 2.45) is 0 Å². The zero-order valence-corrected chi connectivity index (χ0v) is 10.1. The van der Waals surface area contributed by atoms with E-state index in [1.807, 2.05) is 0 Å². The monoisotopic (exact) mass is 261 g/mol. The Labute approximate surface area is 110 Å². The maximum Gasteiger partial charge on any atom is 0.179 e. The first-order chi connectivity index (χ1) is 8.71. The standard InChI is InChI=1S/C14H11ClO3/c15-18-14(13(16)17,11-7-3-1-4-8-11)12-9-5-2-6-10-12/h1-10H,(H,16,17)/p-1. The van der Waals surface area contributed by atoms with Gasteiger partial charge in [-0.1, -0.05) is 60.7 Å². The van der Waals surface area contributed by atoms with Crippen LogP contribution in [0.5, 0.6) is 0 Å². The molecule has 0 saturated carbocycles. The number of benzene rings is 2. The third kappa shape index (κ3) is 1.98. The topological polar surface area (TPSA) is 49.4 Å². The van der Waals surface area contributed by atoms with Gasteiger partial charge in [-0.3, -0.25) is 4.29 Å². The van der Waals surface area contributed by atoms with E-state index >= 15 is 0 Å². The fourth-order valence-corrected chi connectivity index (χ4v) is 2.11. The van der Waals surface area contributed by atoms with Gasteiger partial charge < -0.3 is 9.90 Å². The van der Waals surface area contributed by atoms with E-state index in [4.69, 9.17) is 16.2 Å².